The number of hydrogen-bond acceptors (Lipinski definition) is 5. The number of hydrogen-bond donors (Lipinski definition) is 1. The van der Waals surface area contributed by atoms with Crippen molar-refractivity contribution >= 4 is 40.4 Å². The molecule has 0 aliphatic carbocycles. The van der Waals surface area contributed by atoms with E-state index in [2.05, 4.69) is 5.32 Å². The van der Waals surface area contributed by atoms with Crippen LogP contribution in [-0.2, 0) is 4.79 Å². The van der Waals surface area contributed by atoms with E-state index < -0.39 is 0 Å². The standard InChI is InChI=1S/C23H22ClN3O3S/c24-17-6-1-3-8-19(17)30-20-9-4-2-7-18(20)25-16-22(28)26-11-13-27(14-12-26)23(29)21-10-5-15-31-21/h1-10,15,25H,11-14,16H2. The molecule has 0 spiro atoms. The van der Waals surface area contributed by atoms with E-state index in [0.29, 0.717) is 48.4 Å². The van der Waals surface area contributed by atoms with Gasteiger partial charge < -0.3 is 19.9 Å². The molecule has 1 aliphatic rings. The number of thiophene rings is 1. The Morgan fingerprint density at radius 3 is 2.29 bits per heavy atom. The Kier molecular flexibility index (Phi) is 6.74. The molecule has 3 aromatic rings. The average Bonchev–Trinajstić information content (AvgIpc) is 3.34. The van der Waals surface area contributed by atoms with Crippen LogP contribution in [0.15, 0.2) is 66.0 Å². The molecule has 0 radical (unpaired) electrons. The van der Waals surface area contributed by atoms with Crippen molar-refractivity contribution in [1.29, 1.82) is 0 Å². The van der Waals surface area contributed by atoms with Crippen LogP contribution in [0.25, 0.3) is 0 Å². The van der Waals surface area contributed by atoms with Gasteiger partial charge in [-0.15, -0.1) is 11.3 Å². The van der Waals surface area contributed by atoms with E-state index in [1.165, 1.54) is 11.3 Å². The highest BCUT2D eigenvalue weighted by Crippen LogP contribution is 2.33. The zero-order valence-corrected chi connectivity index (χ0v) is 18.4. The third-order valence-corrected chi connectivity index (χ3v) is 6.20. The summed E-state index contributed by atoms with van der Waals surface area (Å²) in [5, 5.41) is 5.58. The van der Waals surface area contributed by atoms with Gasteiger partial charge in [0.1, 0.15) is 5.75 Å². The summed E-state index contributed by atoms with van der Waals surface area (Å²) in [4.78, 5) is 29.5. The van der Waals surface area contributed by atoms with Crippen LogP contribution in [0.5, 0.6) is 11.5 Å². The Balaban J connectivity index is 1.32. The number of para-hydroxylation sites is 3. The summed E-state index contributed by atoms with van der Waals surface area (Å²) in [6.45, 7) is 2.26. The van der Waals surface area contributed by atoms with Crippen LogP contribution >= 0.6 is 22.9 Å². The molecule has 1 fully saturated rings. The number of anilines is 1. The van der Waals surface area contributed by atoms with Gasteiger partial charge in [0.15, 0.2) is 5.75 Å². The lowest BCUT2D eigenvalue weighted by Gasteiger charge is -2.34. The molecule has 0 atom stereocenters. The van der Waals surface area contributed by atoms with Gasteiger partial charge in [-0.3, -0.25) is 9.59 Å². The van der Waals surface area contributed by atoms with Gasteiger partial charge in [0.05, 0.1) is 22.1 Å². The largest absolute Gasteiger partial charge is 0.454 e. The Bertz CT molecular complexity index is 1050. The number of carbonyl (C=O) groups is 2. The quantitative estimate of drug-likeness (QED) is 0.590. The van der Waals surface area contributed by atoms with E-state index in [0.717, 1.165) is 4.88 Å². The summed E-state index contributed by atoms with van der Waals surface area (Å²) in [6.07, 6.45) is 0. The maximum absolute atomic E-state index is 12.7. The summed E-state index contributed by atoms with van der Waals surface area (Å²) < 4.78 is 5.93. The highest BCUT2D eigenvalue weighted by Gasteiger charge is 2.25. The van der Waals surface area contributed by atoms with E-state index in [-0.39, 0.29) is 18.4 Å². The summed E-state index contributed by atoms with van der Waals surface area (Å²) in [5.41, 5.74) is 0.710. The SMILES string of the molecule is O=C(CNc1ccccc1Oc1ccccc1Cl)N1CCN(C(=O)c2cccs2)CC1. The Morgan fingerprint density at radius 1 is 0.903 bits per heavy atom. The van der Waals surface area contributed by atoms with Crippen LogP contribution in [0.4, 0.5) is 5.69 Å². The number of rotatable bonds is 6. The summed E-state index contributed by atoms with van der Waals surface area (Å²) in [5.74, 6) is 1.16. The molecule has 0 unspecified atom stereocenters. The van der Waals surface area contributed by atoms with Gasteiger partial charge in [-0.05, 0) is 35.7 Å². The maximum atomic E-state index is 12.7. The lowest BCUT2D eigenvalue weighted by molar-refractivity contribution is -0.130. The number of carbonyl (C=O) groups excluding carboxylic acids is 2. The van der Waals surface area contributed by atoms with Crippen LogP contribution in [0.2, 0.25) is 5.02 Å². The number of nitrogens with zero attached hydrogens (tertiary/aromatic N) is 2. The molecule has 0 saturated carbocycles. The smallest absolute Gasteiger partial charge is 0.264 e. The van der Waals surface area contributed by atoms with Crippen LogP contribution in [0, 0.1) is 0 Å². The Morgan fingerprint density at radius 2 is 1.58 bits per heavy atom. The highest BCUT2D eigenvalue weighted by atomic mass is 35.5. The first-order valence-electron chi connectivity index (χ1n) is 9.97. The number of piperazine rings is 1. The second-order valence-corrected chi connectivity index (χ2v) is 8.39. The fourth-order valence-electron chi connectivity index (χ4n) is 3.35. The van der Waals surface area contributed by atoms with Crippen molar-refractivity contribution < 1.29 is 14.3 Å². The molecular weight excluding hydrogens is 434 g/mol. The van der Waals surface area contributed by atoms with Gasteiger partial charge in [0.2, 0.25) is 5.91 Å². The van der Waals surface area contributed by atoms with Crippen molar-refractivity contribution in [2.24, 2.45) is 0 Å². The Labute approximate surface area is 190 Å². The first kappa shape index (κ1) is 21.2. The third-order valence-electron chi connectivity index (χ3n) is 5.03. The van der Waals surface area contributed by atoms with Gasteiger partial charge in [-0.1, -0.05) is 41.9 Å². The van der Waals surface area contributed by atoms with Crippen molar-refractivity contribution in [1.82, 2.24) is 9.80 Å². The van der Waals surface area contributed by atoms with Crippen molar-refractivity contribution in [3.63, 3.8) is 0 Å². The van der Waals surface area contributed by atoms with Gasteiger partial charge >= 0.3 is 0 Å². The highest BCUT2D eigenvalue weighted by molar-refractivity contribution is 7.12. The first-order valence-corrected chi connectivity index (χ1v) is 11.2. The second-order valence-electron chi connectivity index (χ2n) is 7.03. The minimum Gasteiger partial charge on any atom is -0.454 e. The van der Waals surface area contributed by atoms with Crippen molar-refractivity contribution in [3.05, 3.63) is 75.9 Å². The minimum absolute atomic E-state index is 0.0178. The normalized spacial score (nSPS) is 13.7. The molecule has 0 bridgehead atoms. The van der Waals surface area contributed by atoms with Gasteiger partial charge in [0.25, 0.3) is 5.91 Å². The predicted octanol–water partition coefficient (Wildman–Crippen LogP) is 4.59. The number of nitrogens with one attached hydrogen (secondary N) is 1. The van der Waals surface area contributed by atoms with Crippen LogP contribution < -0.4 is 10.1 Å². The van der Waals surface area contributed by atoms with E-state index in [1.807, 2.05) is 53.9 Å². The van der Waals surface area contributed by atoms with E-state index in [4.69, 9.17) is 16.3 Å². The number of amides is 2. The summed E-state index contributed by atoms with van der Waals surface area (Å²) in [6, 6.07) is 18.4. The average molecular weight is 456 g/mol. The molecule has 1 aliphatic heterocycles. The molecule has 2 heterocycles. The third kappa shape index (κ3) is 5.18. The maximum Gasteiger partial charge on any atom is 0.264 e. The molecule has 8 heteroatoms. The molecule has 31 heavy (non-hydrogen) atoms. The zero-order chi connectivity index (χ0) is 21.6. The van der Waals surface area contributed by atoms with Crippen LogP contribution in [0.3, 0.4) is 0 Å². The minimum atomic E-state index is -0.0178. The molecule has 1 aromatic heterocycles. The zero-order valence-electron chi connectivity index (χ0n) is 16.8. The molecule has 4 rings (SSSR count). The molecule has 6 nitrogen and oxygen atoms in total. The van der Waals surface area contributed by atoms with Gasteiger partial charge in [-0.2, -0.15) is 0 Å². The summed E-state index contributed by atoms with van der Waals surface area (Å²) in [7, 11) is 0. The Hall–Kier alpha value is -3.03. The fourth-order valence-corrected chi connectivity index (χ4v) is 4.21. The van der Waals surface area contributed by atoms with Gasteiger partial charge in [-0.25, -0.2) is 0 Å². The van der Waals surface area contributed by atoms with E-state index >= 15 is 0 Å². The second kappa shape index (κ2) is 9.85. The molecule has 160 valence electrons. The lowest BCUT2D eigenvalue weighted by Crippen LogP contribution is -2.51. The fraction of sp³-hybridized carbons (Fsp3) is 0.217. The van der Waals surface area contributed by atoms with Crippen LogP contribution in [0.1, 0.15) is 9.67 Å². The van der Waals surface area contributed by atoms with Crippen molar-refractivity contribution in [3.8, 4) is 11.5 Å². The predicted molar refractivity (Wildman–Crippen MR) is 123 cm³/mol. The number of ether oxygens (including phenoxy) is 1. The summed E-state index contributed by atoms with van der Waals surface area (Å²) >= 11 is 7.63. The number of halogens is 1. The lowest BCUT2D eigenvalue weighted by atomic mass is 10.2. The van der Waals surface area contributed by atoms with Crippen molar-refractivity contribution in [2.75, 3.05) is 38.0 Å². The van der Waals surface area contributed by atoms with E-state index in [1.54, 1.807) is 21.9 Å². The molecule has 1 saturated heterocycles. The topological polar surface area (TPSA) is 61.9 Å². The molecule has 1 N–H and O–H groups in total. The van der Waals surface area contributed by atoms with Gasteiger partial charge in [0, 0.05) is 26.2 Å². The molecule has 2 aromatic carbocycles. The van der Waals surface area contributed by atoms with Crippen LogP contribution in [-0.4, -0.2) is 54.3 Å². The monoisotopic (exact) mass is 455 g/mol. The molecule has 2 amide bonds. The number of benzene rings is 2. The molecular formula is C23H22ClN3O3S. The first-order chi connectivity index (χ1) is 15.1. The van der Waals surface area contributed by atoms with Crippen molar-refractivity contribution in [2.45, 2.75) is 0 Å². The van der Waals surface area contributed by atoms with E-state index in [9.17, 15) is 9.59 Å².